The molecule has 5 saturated heterocycles. The highest BCUT2D eigenvalue weighted by atomic mass is 16.7. The zero-order valence-electron chi connectivity index (χ0n) is 19.0. The minimum absolute atomic E-state index is 0.0985. The highest BCUT2D eigenvalue weighted by molar-refractivity contribution is 5.70. The van der Waals surface area contributed by atoms with E-state index in [-0.39, 0.29) is 42.8 Å². The van der Waals surface area contributed by atoms with Crippen LogP contribution in [0.15, 0.2) is 30.3 Å². The normalized spacial score (nSPS) is 50.3. The molecule has 0 unspecified atom stereocenters. The van der Waals surface area contributed by atoms with Gasteiger partial charge in [-0.15, -0.1) is 0 Å². The predicted octanol–water partition coefficient (Wildman–Crippen LogP) is 3.45. The first-order chi connectivity index (χ1) is 15.3. The standard InChI is InChI=1S/C25H32O7/c1-23-10-9-21(26)30-19(23)12-20-25(3,32-23)14-24(2)18(29-20)11-16-17(31-24)13-27-22(28-16)15-7-5-4-6-8-15/h4-8,16-20,22H,9-14H2,1-3H3/t16-,17+,18+,19+,20-,22+,23-,24-,25+/m1/s1. The third kappa shape index (κ3) is 3.32. The van der Waals surface area contributed by atoms with Crippen LogP contribution in [0.5, 0.6) is 0 Å². The Morgan fingerprint density at radius 1 is 0.875 bits per heavy atom. The average molecular weight is 445 g/mol. The van der Waals surface area contributed by atoms with Crippen LogP contribution in [0.2, 0.25) is 0 Å². The van der Waals surface area contributed by atoms with Gasteiger partial charge in [0, 0.05) is 31.2 Å². The molecular weight excluding hydrogens is 412 g/mol. The van der Waals surface area contributed by atoms with Crippen LogP contribution in [0.25, 0.3) is 0 Å². The number of carbonyl (C=O) groups excluding carboxylic acids is 1. The van der Waals surface area contributed by atoms with Gasteiger partial charge in [0.05, 0.1) is 36.1 Å². The summed E-state index contributed by atoms with van der Waals surface area (Å²) in [4.78, 5) is 11.9. The molecule has 6 rings (SSSR count). The number of benzene rings is 1. The average Bonchev–Trinajstić information content (AvgIpc) is 2.75. The number of ether oxygens (including phenoxy) is 6. The molecule has 0 aromatic heterocycles. The van der Waals surface area contributed by atoms with E-state index in [1.165, 1.54) is 0 Å². The lowest BCUT2D eigenvalue weighted by atomic mass is 9.70. The van der Waals surface area contributed by atoms with Gasteiger partial charge in [0.2, 0.25) is 0 Å². The molecule has 0 amide bonds. The number of hydrogen-bond acceptors (Lipinski definition) is 7. The molecule has 174 valence electrons. The molecular formula is C25H32O7. The third-order valence-corrected chi connectivity index (χ3v) is 8.13. The van der Waals surface area contributed by atoms with Gasteiger partial charge in [-0.25, -0.2) is 0 Å². The van der Waals surface area contributed by atoms with Crippen molar-refractivity contribution in [2.75, 3.05) is 6.61 Å². The molecule has 5 aliphatic rings. The van der Waals surface area contributed by atoms with Crippen molar-refractivity contribution in [3.8, 4) is 0 Å². The van der Waals surface area contributed by atoms with Crippen LogP contribution < -0.4 is 0 Å². The Morgan fingerprint density at radius 3 is 2.47 bits per heavy atom. The smallest absolute Gasteiger partial charge is 0.306 e. The van der Waals surface area contributed by atoms with Crippen LogP contribution in [0.3, 0.4) is 0 Å². The Kier molecular flexibility index (Phi) is 4.76. The second kappa shape index (κ2) is 7.24. The van der Waals surface area contributed by atoms with Gasteiger partial charge in [-0.2, -0.15) is 0 Å². The monoisotopic (exact) mass is 444 g/mol. The summed E-state index contributed by atoms with van der Waals surface area (Å²) in [5.41, 5.74) is -0.470. The maximum absolute atomic E-state index is 11.9. The van der Waals surface area contributed by atoms with Gasteiger partial charge in [0.15, 0.2) is 6.29 Å². The fourth-order valence-electron chi connectivity index (χ4n) is 6.47. The van der Waals surface area contributed by atoms with Crippen LogP contribution in [-0.2, 0) is 33.2 Å². The molecule has 0 aliphatic carbocycles. The molecule has 0 spiro atoms. The van der Waals surface area contributed by atoms with Gasteiger partial charge in [0.25, 0.3) is 0 Å². The van der Waals surface area contributed by atoms with E-state index in [4.69, 9.17) is 28.4 Å². The summed E-state index contributed by atoms with van der Waals surface area (Å²) < 4.78 is 38.0. The molecule has 5 aliphatic heterocycles. The molecule has 0 saturated carbocycles. The van der Waals surface area contributed by atoms with Crippen LogP contribution in [0, 0.1) is 0 Å². The fourth-order valence-corrected chi connectivity index (χ4v) is 6.47. The second-order valence-corrected chi connectivity index (χ2v) is 10.7. The van der Waals surface area contributed by atoms with Crippen LogP contribution in [-0.4, -0.2) is 59.9 Å². The molecule has 0 N–H and O–H groups in total. The molecule has 5 fully saturated rings. The first-order valence-corrected chi connectivity index (χ1v) is 11.8. The van der Waals surface area contributed by atoms with Gasteiger partial charge in [-0.1, -0.05) is 30.3 Å². The molecule has 5 heterocycles. The van der Waals surface area contributed by atoms with E-state index in [1.807, 2.05) is 30.3 Å². The number of fused-ring (bicyclic) bond motifs is 4. The molecule has 9 atom stereocenters. The summed E-state index contributed by atoms with van der Waals surface area (Å²) in [5, 5.41) is 0. The fraction of sp³-hybridized carbons (Fsp3) is 0.720. The van der Waals surface area contributed by atoms with E-state index in [2.05, 4.69) is 20.8 Å². The van der Waals surface area contributed by atoms with Crippen molar-refractivity contribution < 1.29 is 33.2 Å². The van der Waals surface area contributed by atoms with Crippen molar-refractivity contribution in [3.05, 3.63) is 35.9 Å². The highest BCUT2D eigenvalue weighted by Gasteiger charge is 2.64. The maximum atomic E-state index is 11.9. The minimum Gasteiger partial charge on any atom is -0.459 e. The first-order valence-electron chi connectivity index (χ1n) is 11.8. The largest absolute Gasteiger partial charge is 0.459 e. The van der Waals surface area contributed by atoms with E-state index in [9.17, 15) is 4.79 Å². The van der Waals surface area contributed by atoms with Gasteiger partial charge >= 0.3 is 5.97 Å². The lowest BCUT2D eigenvalue weighted by Gasteiger charge is -2.62. The van der Waals surface area contributed by atoms with Crippen molar-refractivity contribution in [1.29, 1.82) is 0 Å². The number of hydrogen-bond donors (Lipinski definition) is 0. The SMILES string of the molecule is C[C@@]12C[C@]3(C)O[C@]4(C)CCC(=O)O[C@H]4C[C@H]3O[C@H]1C[C@H]1O[C@@H](c3ccccc3)OC[C@@H]1O2. The molecule has 1 aromatic rings. The maximum Gasteiger partial charge on any atom is 0.306 e. The van der Waals surface area contributed by atoms with Gasteiger partial charge in [-0.3, -0.25) is 4.79 Å². The quantitative estimate of drug-likeness (QED) is 0.615. The van der Waals surface area contributed by atoms with Crippen molar-refractivity contribution in [2.24, 2.45) is 0 Å². The summed E-state index contributed by atoms with van der Waals surface area (Å²) in [6, 6.07) is 10.00. The van der Waals surface area contributed by atoms with E-state index in [0.29, 0.717) is 25.9 Å². The van der Waals surface area contributed by atoms with E-state index in [0.717, 1.165) is 18.4 Å². The number of rotatable bonds is 1. The van der Waals surface area contributed by atoms with Crippen LogP contribution in [0.1, 0.15) is 64.7 Å². The van der Waals surface area contributed by atoms with Gasteiger partial charge in [-0.05, 0) is 27.2 Å². The van der Waals surface area contributed by atoms with E-state index in [1.54, 1.807) is 0 Å². The summed E-state index contributed by atoms with van der Waals surface area (Å²) in [5.74, 6) is -0.147. The molecule has 1 aromatic carbocycles. The van der Waals surface area contributed by atoms with Crippen molar-refractivity contribution in [3.63, 3.8) is 0 Å². The Bertz CT molecular complexity index is 892. The van der Waals surface area contributed by atoms with Crippen LogP contribution in [0.4, 0.5) is 0 Å². The predicted molar refractivity (Wildman–Crippen MR) is 113 cm³/mol. The molecule has 0 radical (unpaired) electrons. The first kappa shape index (κ1) is 21.1. The van der Waals surface area contributed by atoms with Gasteiger partial charge in [0.1, 0.15) is 17.8 Å². The van der Waals surface area contributed by atoms with E-state index < -0.39 is 16.8 Å². The summed E-state index contributed by atoms with van der Waals surface area (Å²) in [6.07, 6.45) is 2.00. The number of carbonyl (C=O) groups is 1. The van der Waals surface area contributed by atoms with Gasteiger partial charge < -0.3 is 28.4 Å². The Labute approximate surface area is 188 Å². The minimum atomic E-state index is -0.504. The topological polar surface area (TPSA) is 72.5 Å². The van der Waals surface area contributed by atoms with Crippen molar-refractivity contribution in [2.45, 2.75) is 106 Å². The zero-order chi connectivity index (χ0) is 22.1. The summed E-state index contributed by atoms with van der Waals surface area (Å²) in [6.45, 7) is 6.79. The Balaban J connectivity index is 1.21. The lowest BCUT2D eigenvalue weighted by Crippen LogP contribution is -2.72. The Hall–Kier alpha value is -1.51. The lowest BCUT2D eigenvalue weighted by molar-refractivity contribution is -0.381. The highest BCUT2D eigenvalue weighted by Crippen LogP contribution is 2.53. The van der Waals surface area contributed by atoms with Crippen molar-refractivity contribution >= 4 is 5.97 Å². The number of esters is 1. The molecule has 7 heteroatoms. The van der Waals surface area contributed by atoms with E-state index >= 15 is 0 Å². The summed E-state index contributed by atoms with van der Waals surface area (Å²) >= 11 is 0. The zero-order valence-corrected chi connectivity index (χ0v) is 19.0. The molecule has 0 bridgehead atoms. The second-order valence-electron chi connectivity index (χ2n) is 10.7. The molecule has 32 heavy (non-hydrogen) atoms. The Morgan fingerprint density at radius 2 is 1.66 bits per heavy atom. The van der Waals surface area contributed by atoms with Crippen LogP contribution >= 0.6 is 0 Å². The van der Waals surface area contributed by atoms with Crippen molar-refractivity contribution in [1.82, 2.24) is 0 Å². The summed E-state index contributed by atoms with van der Waals surface area (Å²) in [7, 11) is 0. The third-order valence-electron chi connectivity index (χ3n) is 8.13. The molecule has 7 nitrogen and oxygen atoms in total.